The quantitative estimate of drug-likeness (QED) is 0.464. The van der Waals surface area contributed by atoms with E-state index < -0.39 is 0 Å². The first-order valence-electron chi connectivity index (χ1n) is 2.13. The lowest BCUT2D eigenvalue weighted by atomic mass is 10.8. The molecule has 0 aromatic rings. The van der Waals surface area contributed by atoms with E-state index in [1.807, 2.05) is 0 Å². The Morgan fingerprint density at radius 1 is 0.778 bits per heavy atom. The summed E-state index contributed by atoms with van der Waals surface area (Å²) in [6, 6.07) is 0. The Labute approximate surface area is 56.9 Å². The number of hydrogen-bond acceptors (Lipinski definition) is 3. The van der Waals surface area contributed by atoms with Crippen LogP contribution in [0.4, 0.5) is 0 Å². The van der Waals surface area contributed by atoms with E-state index in [2.05, 4.69) is 26.3 Å². The predicted octanol–water partition coefficient (Wildman–Crippen LogP) is 0.737. The molecule has 0 aromatic carbocycles. The Balaban J connectivity index is -0.0000000221. The Morgan fingerprint density at radius 3 is 0.889 bits per heavy atom. The van der Waals surface area contributed by atoms with Crippen molar-refractivity contribution in [2.45, 2.75) is 0 Å². The van der Waals surface area contributed by atoms with Crippen LogP contribution < -0.4 is 6.15 Å². The maximum absolute atomic E-state index is 7.62. The molecule has 0 aliphatic heterocycles. The SMILES string of the molecule is C=C.C=C.N.OCCO. The van der Waals surface area contributed by atoms with E-state index in [0.717, 1.165) is 0 Å². The Morgan fingerprint density at radius 2 is 0.889 bits per heavy atom. The van der Waals surface area contributed by atoms with E-state index >= 15 is 0 Å². The molecule has 3 nitrogen and oxygen atoms in total. The average molecular weight is 135 g/mol. The highest BCUT2D eigenvalue weighted by Crippen LogP contribution is 1.39. The van der Waals surface area contributed by atoms with Gasteiger partial charge in [-0.05, 0) is 0 Å². The molecule has 9 heavy (non-hydrogen) atoms. The standard InChI is InChI=1S/C2H6O2.2C2H4.H3N/c3-1-2-4;2*1-2;/h3-4H,1-2H2;2*1-2H2;1H3. The highest BCUT2D eigenvalue weighted by atomic mass is 16.3. The van der Waals surface area contributed by atoms with Crippen LogP contribution in [0.1, 0.15) is 0 Å². The normalized spacial score (nSPS) is 4.22. The molecule has 5 N–H and O–H groups in total. The summed E-state index contributed by atoms with van der Waals surface area (Å²) in [4.78, 5) is 0. The molecule has 0 bridgehead atoms. The number of rotatable bonds is 1. The molecule has 0 aliphatic carbocycles. The fourth-order valence-electron chi connectivity index (χ4n) is 0. The maximum atomic E-state index is 7.62. The molecule has 0 aliphatic rings. The van der Waals surface area contributed by atoms with Crippen LogP contribution in [0.15, 0.2) is 26.3 Å². The lowest BCUT2D eigenvalue weighted by Crippen LogP contribution is -1.85. The predicted molar refractivity (Wildman–Crippen MR) is 41.7 cm³/mol. The summed E-state index contributed by atoms with van der Waals surface area (Å²) >= 11 is 0. The van der Waals surface area contributed by atoms with Crippen molar-refractivity contribution < 1.29 is 10.2 Å². The van der Waals surface area contributed by atoms with Crippen LogP contribution in [0.3, 0.4) is 0 Å². The van der Waals surface area contributed by atoms with E-state index in [-0.39, 0.29) is 19.4 Å². The van der Waals surface area contributed by atoms with Crippen LogP contribution in [0.2, 0.25) is 0 Å². The highest BCUT2D eigenvalue weighted by molar-refractivity contribution is 4.22. The Kier molecular flexibility index (Phi) is 426. The summed E-state index contributed by atoms with van der Waals surface area (Å²) < 4.78 is 0. The second-order valence-corrected chi connectivity index (χ2v) is 0.447. The molecular weight excluding hydrogens is 118 g/mol. The monoisotopic (exact) mass is 135 g/mol. The van der Waals surface area contributed by atoms with Crippen molar-refractivity contribution in [1.29, 1.82) is 0 Å². The van der Waals surface area contributed by atoms with Crippen molar-refractivity contribution in [1.82, 2.24) is 6.15 Å². The van der Waals surface area contributed by atoms with E-state index in [4.69, 9.17) is 10.2 Å². The van der Waals surface area contributed by atoms with Gasteiger partial charge in [0.1, 0.15) is 0 Å². The Hall–Kier alpha value is -0.640. The van der Waals surface area contributed by atoms with E-state index in [1.54, 1.807) is 0 Å². The zero-order valence-electron chi connectivity index (χ0n) is 5.84. The molecule has 0 amide bonds. The fraction of sp³-hybridized carbons (Fsp3) is 0.333. The lowest BCUT2D eigenvalue weighted by molar-refractivity contribution is 0.186. The van der Waals surface area contributed by atoms with E-state index in [0.29, 0.717) is 0 Å². The summed E-state index contributed by atoms with van der Waals surface area (Å²) in [6.07, 6.45) is 0. The highest BCUT2D eigenvalue weighted by Gasteiger charge is 1.58. The van der Waals surface area contributed by atoms with Crippen LogP contribution in [0, 0.1) is 0 Å². The summed E-state index contributed by atoms with van der Waals surface area (Å²) in [5.41, 5.74) is 0. The first kappa shape index (κ1) is 23.8. The topological polar surface area (TPSA) is 75.5 Å². The second-order valence-electron chi connectivity index (χ2n) is 0.447. The minimum Gasteiger partial charge on any atom is -0.394 e. The summed E-state index contributed by atoms with van der Waals surface area (Å²) in [7, 11) is 0. The first-order chi connectivity index (χ1) is 3.91. The molecule has 0 atom stereocenters. The second kappa shape index (κ2) is 161. The number of aliphatic hydroxyl groups is 2. The van der Waals surface area contributed by atoms with E-state index in [1.165, 1.54) is 0 Å². The van der Waals surface area contributed by atoms with Gasteiger partial charge in [0.05, 0.1) is 13.2 Å². The van der Waals surface area contributed by atoms with Gasteiger partial charge in [0.15, 0.2) is 0 Å². The van der Waals surface area contributed by atoms with E-state index in [9.17, 15) is 0 Å². The van der Waals surface area contributed by atoms with Crippen LogP contribution in [0.25, 0.3) is 0 Å². The smallest absolute Gasteiger partial charge is 0.0662 e. The maximum Gasteiger partial charge on any atom is 0.0662 e. The average Bonchev–Trinajstić information content (AvgIpc) is 1.96. The van der Waals surface area contributed by atoms with Crippen molar-refractivity contribution in [2.75, 3.05) is 13.2 Å². The summed E-state index contributed by atoms with van der Waals surface area (Å²) in [6.45, 7) is 11.8. The molecular formula is C6H17NO2. The van der Waals surface area contributed by atoms with Crippen molar-refractivity contribution in [3.63, 3.8) is 0 Å². The van der Waals surface area contributed by atoms with Gasteiger partial charge >= 0.3 is 0 Å². The van der Waals surface area contributed by atoms with Crippen LogP contribution in [-0.2, 0) is 0 Å². The fourth-order valence-corrected chi connectivity index (χ4v) is 0. The van der Waals surface area contributed by atoms with Gasteiger partial charge in [0, 0.05) is 0 Å². The minimum absolute atomic E-state index is 0. The van der Waals surface area contributed by atoms with Crippen LogP contribution in [-0.4, -0.2) is 23.4 Å². The molecule has 58 valence electrons. The molecule has 0 rings (SSSR count). The van der Waals surface area contributed by atoms with Gasteiger partial charge in [0.2, 0.25) is 0 Å². The number of hydrogen-bond donors (Lipinski definition) is 3. The van der Waals surface area contributed by atoms with Gasteiger partial charge in [-0.1, -0.05) is 0 Å². The van der Waals surface area contributed by atoms with Gasteiger partial charge in [-0.2, -0.15) is 0 Å². The zero-order valence-corrected chi connectivity index (χ0v) is 5.84. The van der Waals surface area contributed by atoms with Crippen molar-refractivity contribution in [2.24, 2.45) is 0 Å². The van der Waals surface area contributed by atoms with Gasteiger partial charge < -0.3 is 16.4 Å². The molecule has 3 heteroatoms. The molecule has 0 saturated carbocycles. The van der Waals surface area contributed by atoms with Crippen LogP contribution >= 0.6 is 0 Å². The van der Waals surface area contributed by atoms with Crippen molar-refractivity contribution >= 4 is 0 Å². The molecule has 0 heterocycles. The largest absolute Gasteiger partial charge is 0.394 e. The molecule has 0 radical (unpaired) electrons. The lowest BCUT2D eigenvalue weighted by Gasteiger charge is -1.70. The molecule has 0 saturated heterocycles. The molecule has 0 unspecified atom stereocenters. The summed E-state index contributed by atoms with van der Waals surface area (Å²) in [5.74, 6) is 0. The van der Waals surface area contributed by atoms with Crippen molar-refractivity contribution in [3.8, 4) is 0 Å². The number of aliphatic hydroxyl groups excluding tert-OH is 2. The first-order valence-corrected chi connectivity index (χ1v) is 2.13. The third-order valence-corrected chi connectivity index (χ3v) is 0.1000. The Bertz CT molecular complexity index is 23.0. The summed E-state index contributed by atoms with van der Waals surface area (Å²) in [5, 5.41) is 15.2. The van der Waals surface area contributed by atoms with Crippen molar-refractivity contribution in [3.05, 3.63) is 26.3 Å². The van der Waals surface area contributed by atoms with Gasteiger partial charge in [-0.25, -0.2) is 0 Å². The molecule has 0 fully saturated rings. The van der Waals surface area contributed by atoms with Gasteiger partial charge in [-0.3, -0.25) is 0 Å². The van der Waals surface area contributed by atoms with Crippen LogP contribution in [0.5, 0.6) is 0 Å². The third kappa shape index (κ3) is 1630. The third-order valence-electron chi connectivity index (χ3n) is 0.1000. The van der Waals surface area contributed by atoms with Gasteiger partial charge in [0.25, 0.3) is 0 Å². The molecule has 0 aromatic heterocycles. The molecule has 0 spiro atoms. The zero-order chi connectivity index (χ0) is 7.41. The van der Waals surface area contributed by atoms with Gasteiger partial charge in [-0.15, -0.1) is 26.3 Å². The minimum atomic E-state index is -0.125.